The second-order valence-electron chi connectivity index (χ2n) is 8.48. The molecule has 0 unspecified atom stereocenters. The zero-order valence-corrected chi connectivity index (χ0v) is 17.8. The summed E-state index contributed by atoms with van der Waals surface area (Å²) < 4.78 is 12.0. The van der Waals surface area contributed by atoms with Crippen LogP contribution in [0.15, 0.2) is 66.4 Å². The van der Waals surface area contributed by atoms with E-state index in [4.69, 9.17) is 9.47 Å². The fourth-order valence-corrected chi connectivity index (χ4v) is 4.45. The summed E-state index contributed by atoms with van der Waals surface area (Å²) in [6.45, 7) is 0.909. The van der Waals surface area contributed by atoms with Gasteiger partial charge in [-0.3, -0.25) is 4.79 Å². The third kappa shape index (κ3) is 5.96. The molecule has 0 aromatic heterocycles. The number of rotatable bonds is 8. The van der Waals surface area contributed by atoms with Crippen molar-refractivity contribution in [2.45, 2.75) is 58.2 Å². The van der Waals surface area contributed by atoms with E-state index in [0.717, 1.165) is 23.1 Å². The van der Waals surface area contributed by atoms with E-state index in [1.165, 1.54) is 25.7 Å². The Kier molecular flexibility index (Phi) is 7.39. The molecule has 1 saturated carbocycles. The van der Waals surface area contributed by atoms with Crippen LogP contribution in [0.1, 0.15) is 48.8 Å². The molecule has 1 aliphatic carbocycles. The molecule has 2 aliphatic rings. The van der Waals surface area contributed by atoms with E-state index < -0.39 is 6.29 Å². The molecule has 4 rings (SSSR count). The van der Waals surface area contributed by atoms with Crippen LogP contribution in [0.4, 0.5) is 0 Å². The van der Waals surface area contributed by atoms with E-state index in [-0.39, 0.29) is 12.5 Å². The van der Waals surface area contributed by atoms with Crippen LogP contribution in [-0.2, 0) is 34.0 Å². The van der Waals surface area contributed by atoms with Crippen molar-refractivity contribution in [1.82, 2.24) is 5.32 Å². The van der Waals surface area contributed by atoms with Crippen LogP contribution in [0.5, 0.6) is 0 Å². The predicted molar refractivity (Wildman–Crippen MR) is 118 cm³/mol. The summed E-state index contributed by atoms with van der Waals surface area (Å²) in [7, 11) is 0. The number of aliphatic hydroxyl groups excluding tert-OH is 1. The molecule has 2 N–H and O–H groups in total. The molecule has 2 aromatic carbocycles. The van der Waals surface area contributed by atoms with Crippen molar-refractivity contribution in [2.24, 2.45) is 11.8 Å². The van der Waals surface area contributed by atoms with Crippen molar-refractivity contribution in [2.75, 3.05) is 0 Å². The number of amides is 1. The minimum Gasteiger partial charge on any atom is -0.459 e. The topological polar surface area (TPSA) is 67.8 Å². The Morgan fingerprint density at radius 1 is 1.00 bits per heavy atom. The summed E-state index contributed by atoms with van der Waals surface area (Å²) in [5.74, 6) is 1.08. The fraction of sp³-hybridized carbons (Fsp3) is 0.423. The zero-order chi connectivity index (χ0) is 21.5. The van der Waals surface area contributed by atoms with Gasteiger partial charge in [-0.1, -0.05) is 67.4 Å². The molecule has 0 spiro atoms. The van der Waals surface area contributed by atoms with Gasteiger partial charge in [0.2, 0.25) is 6.29 Å². The first kappa shape index (κ1) is 21.6. The minimum atomic E-state index is -0.439. The van der Waals surface area contributed by atoms with Crippen LogP contribution >= 0.6 is 0 Å². The highest BCUT2D eigenvalue weighted by atomic mass is 16.7. The maximum absolute atomic E-state index is 12.8. The molecule has 5 heteroatoms. The molecule has 1 heterocycles. The van der Waals surface area contributed by atoms with Crippen molar-refractivity contribution in [3.05, 3.63) is 83.1 Å². The number of nitrogens with one attached hydrogen (secondary N) is 1. The molecule has 0 bridgehead atoms. The van der Waals surface area contributed by atoms with Gasteiger partial charge < -0.3 is 19.9 Å². The SMILES string of the molecule is O=C(NCc1ccccc1)C1=C[C@@H](C2CCCC2)C[C@@H](OCc2ccc(CO)cc2)O1. The highest BCUT2D eigenvalue weighted by molar-refractivity contribution is 5.91. The summed E-state index contributed by atoms with van der Waals surface area (Å²) >= 11 is 0. The van der Waals surface area contributed by atoms with Crippen LogP contribution < -0.4 is 5.32 Å². The van der Waals surface area contributed by atoms with Crippen LogP contribution in [0.25, 0.3) is 0 Å². The quantitative estimate of drug-likeness (QED) is 0.661. The van der Waals surface area contributed by atoms with Gasteiger partial charge >= 0.3 is 0 Å². The van der Waals surface area contributed by atoms with Gasteiger partial charge in [0.05, 0.1) is 13.2 Å². The van der Waals surface area contributed by atoms with Gasteiger partial charge in [0.1, 0.15) is 0 Å². The number of hydrogen-bond acceptors (Lipinski definition) is 4. The number of allylic oxidation sites excluding steroid dienone is 1. The second-order valence-corrected chi connectivity index (χ2v) is 8.48. The lowest BCUT2D eigenvalue weighted by Gasteiger charge is -2.32. The van der Waals surface area contributed by atoms with Gasteiger partial charge in [0.25, 0.3) is 5.91 Å². The Hall–Kier alpha value is -2.63. The van der Waals surface area contributed by atoms with Gasteiger partial charge in [-0.15, -0.1) is 0 Å². The van der Waals surface area contributed by atoms with Crippen LogP contribution in [-0.4, -0.2) is 17.3 Å². The van der Waals surface area contributed by atoms with Crippen LogP contribution in [0, 0.1) is 11.8 Å². The smallest absolute Gasteiger partial charge is 0.286 e. The Morgan fingerprint density at radius 2 is 1.71 bits per heavy atom. The van der Waals surface area contributed by atoms with Crippen molar-refractivity contribution in [3.63, 3.8) is 0 Å². The maximum atomic E-state index is 12.8. The summed E-state index contributed by atoms with van der Waals surface area (Å²) in [6.07, 6.45) is 7.28. The molecule has 2 atom stereocenters. The number of aliphatic hydroxyl groups is 1. The number of hydrogen-bond donors (Lipinski definition) is 2. The number of ether oxygens (including phenoxy) is 2. The third-order valence-electron chi connectivity index (χ3n) is 6.25. The maximum Gasteiger partial charge on any atom is 0.286 e. The largest absolute Gasteiger partial charge is 0.459 e. The Labute approximate surface area is 184 Å². The Morgan fingerprint density at radius 3 is 2.42 bits per heavy atom. The molecule has 0 radical (unpaired) electrons. The van der Waals surface area contributed by atoms with Gasteiger partial charge in [0, 0.05) is 13.0 Å². The molecule has 164 valence electrons. The van der Waals surface area contributed by atoms with E-state index in [9.17, 15) is 9.90 Å². The monoisotopic (exact) mass is 421 g/mol. The predicted octanol–water partition coefficient (Wildman–Crippen LogP) is 4.45. The molecule has 1 fully saturated rings. The summed E-state index contributed by atoms with van der Waals surface area (Å²) in [5, 5.41) is 12.2. The molecule has 2 aromatic rings. The van der Waals surface area contributed by atoms with E-state index >= 15 is 0 Å². The minimum absolute atomic E-state index is 0.0299. The molecule has 1 aliphatic heterocycles. The fourth-order valence-electron chi connectivity index (χ4n) is 4.45. The first-order valence-corrected chi connectivity index (χ1v) is 11.2. The summed E-state index contributed by atoms with van der Waals surface area (Å²) in [4.78, 5) is 12.8. The number of carbonyl (C=O) groups excluding carboxylic acids is 1. The average Bonchev–Trinajstić information content (AvgIpc) is 3.37. The number of carbonyl (C=O) groups is 1. The van der Waals surface area contributed by atoms with Gasteiger partial charge in [0.15, 0.2) is 5.76 Å². The van der Waals surface area contributed by atoms with Crippen molar-refractivity contribution < 1.29 is 19.4 Å². The standard InChI is InChI=1S/C26H31NO4/c28-17-20-10-12-21(13-11-20)18-30-25-15-23(22-8-4-5-9-22)14-24(31-25)26(29)27-16-19-6-2-1-3-7-19/h1-3,6-7,10-14,22-23,25,28H,4-5,8-9,15-18H2,(H,27,29)/t23-,25+/m1/s1. The zero-order valence-electron chi connectivity index (χ0n) is 17.8. The van der Waals surface area contributed by atoms with E-state index in [1.807, 2.05) is 60.7 Å². The molecule has 0 saturated heterocycles. The van der Waals surface area contributed by atoms with E-state index in [1.54, 1.807) is 0 Å². The van der Waals surface area contributed by atoms with Crippen molar-refractivity contribution in [3.8, 4) is 0 Å². The van der Waals surface area contributed by atoms with Gasteiger partial charge in [-0.2, -0.15) is 0 Å². The Balaban J connectivity index is 1.39. The first-order valence-electron chi connectivity index (χ1n) is 11.2. The van der Waals surface area contributed by atoms with Crippen LogP contribution in [0.2, 0.25) is 0 Å². The highest BCUT2D eigenvalue weighted by Gasteiger charge is 2.33. The van der Waals surface area contributed by atoms with E-state index in [2.05, 4.69) is 5.32 Å². The molecular weight excluding hydrogens is 390 g/mol. The normalized spacial score (nSPS) is 21.4. The van der Waals surface area contributed by atoms with Crippen LogP contribution in [0.3, 0.4) is 0 Å². The summed E-state index contributed by atoms with van der Waals surface area (Å²) in [5.41, 5.74) is 2.95. The van der Waals surface area contributed by atoms with E-state index in [0.29, 0.717) is 30.7 Å². The van der Waals surface area contributed by atoms with Crippen molar-refractivity contribution >= 4 is 5.91 Å². The Bertz CT molecular complexity index is 872. The lowest BCUT2D eigenvalue weighted by molar-refractivity contribution is -0.155. The lowest BCUT2D eigenvalue weighted by Crippen LogP contribution is -2.34. The molecule has 5 nitrogen and oxygen atoms in total. The van der Waals surface area contributed by atoms with Crippen molar-refractivity contribution in [1.29, 1.82) is 0 Å². The third-order valence-corrected chi connectivity index (χ3v) is 6.25. The second kappa shape index (κ2) is 10.6. The molecule has 31 heavy (non-hydrogen) atoms. The first-order chi connectivity index (χ1) is 15.2. The highest BCUT2D eigenvalue weighted by Crippen LogP contribution is 2.38. The lowest BCUT2D eigenvalue weighted by atomic mass is 9.86. The average molecular weight is 422 g/mol. The number of benzene rings is 2. The molecular formula is C26H31NO4. The summed E-state index contributed by atoms with van der Waals surface area (Å²) in [6, 6.07) is 17.6. The van der Waals surface area contributed by atoms with Gasteiger partial charge in [-0.25, -0.2) is 0 Å². The van der Waals surface area contributed by atoms with Gasteiger partial charge in [-0.05, 0) is 47.4 Å². The molecule has 1 amide bonds.